The highest BCUT2D eigenvalue weighted by atomic mass is 35.5. The molecule has 2 aromatic heterocycles. The molecule has 0 N–H and O–H groups in total. The van der Waals surface area contributed by atoms with E-state index in [4.69, 9.17) is 18.2 Å². The van der Waals surface area contributed by atoms with Crippen LogP contribution in [0.15, 0.2) is 18.3 Å². The van der Waals surface area contributed by atoms with Crippen LogP contribution >= 0.6 is 11.6 Å². The summed E-state index contributed by atoms with van der Waals surface area (Å²) in [5.74, 6) is -1.01. The van der Waals surface area contributed by atoms with Crippen molar-refractivity contribution in [1.29, 1.82) is 0 Å². The lowest BCUT2D eigenvalue weighted by Crippen LogP contribution is -1.87. The van der Waals surface area contributed by atoms with E-state index in [1.807, 2.05) is 0 Å². The fourth-order valence-electron chi connectivity index (χ4n) is 1.10. The summed E-state index contributed by atoms with van der Waals surface area (Å²) in [4.78, 5) is 10.4. The molecule has 0 spiro atoms. The van der Waals surface area contributed by atoms with Crippen molar-refractivity contribution in [1.82, 2.24) is 9.97 Å². The van der Waals surface area contributed by atoms with Gasteiger partial charge < -0.3 is 4.85 Å². The summed E-state index contributed by atoms with van der Waals surface area (Å²) in [6, 6.07) is 3.15. The van der Waals surface area contributed by atoms with E-state index in [0.717, 1.165) is 0 Å². The lowest BCUT2D eigenvalue weighted by molar-refractivity contribution is 0.638. The van der Waals surface area contributed by atoms with Crippen molar-refractivity contribution in [2.45, 2.75) is 0 Å². The summed E-state index contributed by atoms with van der Waals surface area (Å²) in [5, 5.41) is 0.720. The molecule has 0 fully saturated rings. The Kier molecular flexibility index (Phi) is 2.02. The first kappa shape index (κ1) is 8.85. The standard InChI is InChI=1S/C9H3ClFN3/c1-12-9-7(11)8-5(4-13-9)2-3-6(10)14-8/h2-4H. The van der Waals surface area contributed by atoms with Crippen LogP contribution in [-0.4, -0.2) is 9.97 Å². The van der Waals surface area contributed by atoms with Crippen LogP contribution in [0.2, 0.25) is 5.15 Å². The molecule has 0 bridgehead atoms. The Morgan fingerprint density at radius 2 is 2.21 bits per heavy atom. The van der Waals surface area contributed by atoms with Gasteiger partial charge in [-0.2, -0.15) is 0 Å². The van der Waals surface area contributed by atoms with E-state index in [-0.39, 0.29) is 16.5 Å². The van der Waals surface area contributed by atoms with Crippen LogP contribution < -0.4 is 0 Å². The van der Waals surface area contributed by atoms with Crippen LogP contribution in [0.1, 0.15) is 0 Å². The van der Waals surface area contributed by atoms with Gasteiger partial charge in [-0.15, -0.1) is 4.98 Å². The topological polar surface area (TPSA) is 30.1 Å². The van der Waals surface area contributed by atoms with Crippen LogP contribution in [0.25, 0.3) is 15.7 Å². The molecule has 5 heteroatoms. The Morgan fingerprint density at radius 1 is 1.43 bits per heavy atom. The molecule has 0 atom stereocenters. The normalized spacial score (nSPS) is 10.1. The van der Waals surface area contributed by atoms with Gasteiger partial charge in [0, 0.05) is 5.39 Å². The van der Waals surface area contributed by atoms with Crippen LogP contribution in [0.5, 0.6) is 0 Å². The zero-order valence-electron chi connectivity index (χ0n) is 6.83. The summed E-state index contributed by atoms with van der Waals surface area (Å²) in [5.41, 5.74) is 0.0819. The summed E-state index contributed by atoms with van der Waals surface area (Å²) in [7, 11) is 0. The van der Waals surface area contributed by atoms with E-state index in [1.165, 1.54) is 6.20 Å². The quantitative estimate of drug-likeness (QED) is 0.491. The molecule has 0 saturated carbocycles. The Labute approximate surface area is 84.0 Å². The second kappa shape index (κ2) is 3.20. The third kappa shape index (κ3) is 1.28. The molecule has 0 aliphatic heterocycles. The molecule has 0 saturated heterocycles. The Balaban J connectivity index is 2.88. The fraction of sp³-hybridized carbons (Fsp3) is 0. The van der Waals surface area contributed by atoms with E-state index in [1.54, 1.807) is 12.1 Å². The number of halogens is 2. The molecule has 0 aromatic carbocycles. The number of rotatable bonds is 0. The average molecular weight is 208 g/mol. The van der Waals surface area contributed by atoms with Gasteiger partial charge in [-0.3, -0.25) is 0 Å². The highest BCUT2D eigenvalue weighted by molar-refractivity contribution is 6.29. The predicted octanol–water partition coefficient (Wildman–Crippen LogP) is 2.97. The van der Waals surface area contributed by atoms with Crippen LogP contribution in [0.4, 0.5) is 10.2 Å². The molecule has 0 aliphatic rings. The van der Waals surface area contributed by atoms with E-state index >= 15 is 0 Å². The second-order valence-corrected chi connectivity index (χ2v) is 2.97. The van der Waals surface area contributed by atoms with Gasteiger partial charge in [-0.1, -0.05) is 18.2 Å². The van der Waals surface area contributed by atoms with E-state index < -0.39 is 5.82 Å². The van der Waals surface area contributed by atoms with Gasteiger partial charge in [0.1, 0.15) is 16.9 Å². The smallest absolute Gasteiger partial charge is 0.307 e. The second-order valence-electron chi connectivity index (χ2n) is 2.58. The Bertz CT molecular complexity index is 547. The molecule has 2 aromatic rings. The number of hydrogen-bond acceptors (Lipinski definition) is 2. The molecule has 0 unspecified atom stereocenters. The minimum atomic E-state index is -0.722. The minimum Gasteiger partial charge on any atom is -0.358 e. The van der Waals surface area contributed by atoms with Gasteiger partial charge >= 0.3 is 5.82 Å². The van der Waals surface area contributed by atoms with Crippen molar-refractivity contribution in [2.24, 2.45) is 0 Å². The third-order valence-electron chi connectivity index (χ3n) is 1.73. The van der Waals surface area contributed by atoms with Crippen LogP contribution in [0.3, 0.4) is 0 Å². The molecule has 0 aliphatic carbocycles. The summed E-state index contributed by atoms with van der Waals surface area (Å²) >= 11 is 5.61. The fourth-order valence-corrected chi connectivity index (χ4v) is 1.24. The van der Waals surface area contributed by atoms with Gasteiger partial charge in [0.05, 0.1) is 0 Å². The Hall–Kier alpha value is -1.73. The first-order valence-corrected chi connectivity index (χ1v) is 4.08. The molecule has 14 heavy (non-hydrogen) atoms. The first-order chi connectivity index (χ1) is 6.72. The van der Waals surface area contributed by atoms with Gasteiger partial charge in [0.15, 0.2) is 5.82 Å². The lowest BCUT2D eigenvalue weighted by atomic mass is 10.2. The number of hydrogen-bond donors (Lipinski definition) is 0. The van der Waals surface area contributed by atoms with Crippen molar-refractivity contribution in [2.75, 3.05) is 0 Å². The number of pyridine rings is 2. The van der Waals surface area contributed by atoms with Gasteiger partial charge in [-0.05, 0) is 12.1 Å². The van der Waals surface area contributed by atoms with E-state index in [0.29, 0.717) is 5.39 Å². The molecular weight excluding hydrogens is 205 g/mol. The largest absolute Gasteiger partial charge is 0.358 e. The third-order valence-corrected chi connectivity index (χ3v) is 1.94. The molecule has 68 valence electrons. The van der Waals surface area contributed by atoms with E-state index in [2.05, 4.69) is 14.8 Å². The molecule has 0 amide bonds. The monoisotopic (exact) mass is 207 g/mol. The predicted molar refractivity (Wildman–Crippen MR) is 50.8 cm³/mol. The zero-order chi connectivity index (χ0) is 10.1. The first-order valence-electron chi connectivity index (χ1n) is 3.70. The van der Waals surface area contributed by atoms with Gasteiger partial charge in [-0.25, -0.2) is 9.37 Å². The Morgan fingerprint density at radius 3 is 2.93 bits per heavy atom. The molecular formula is C9H3ClFN3. The highest BCUT2D eigenvalue weighted by Crippen LogP contribution is 2.23. The van der Waals surface area contributed by atoms with Crippen LogP contribution in [0, 0.1) is 12.4 Å². The summed E-state index contributed by atoms with van der Waals surface area (Å²) in [6.07, 6.45) is 1.40. The van der Waals surface area contributed by atoms with Gasteiger partial charge in [0.2, 0.25) is 0 Å². The van der Waals surface area contributed by atoms with Crippen molar-refractivity contribution >= 4 is 28.3 Å². The van der Waals surface area contributed by atoms with Crippen molar-refractivity contribution in [3.8, 4) is 0 Å². The van der Waals surface area contributed by atoms with Crippen molar-refractivity contribution in [3.63, 3.8) is 0 Å². The van der Waals surface area contributed by atoms with E-state index in [9.17, 15) is 4.39 Å². The maximum absolute atomic E-state index is 13.5. The van der Waals surface area contributed by atoms with Gasteiger partial charge in [0.25, 0.3) is 0 Å². The summed E-state index contributed by atoms with van der Waals surface area (Å²) < 4.78 is 13.5. The minimum absolute atomic E-state index is 0.0819. The maximum Gasteiger partial charge on any atom is 0.307 e. The van der Waals surface area contributed by atoms with Crippen LogP contribution in [-0.2, 0) is 0 Å². The number of aromatic nitrogens is 2. The highest BCUT2D eigenvalue weighted by Gasteiger charge is 2.10. The number of fused-ring (bicyclic) bond motifs is 1. The molecule has 3 nitrogen and oxygen atoms in total. The lowest BCUT2D eigenvalue weighted by Gasteiger charge is -1.98. The maximum atomic E-state index is 13.5. The average Bonchev–Trinajstić information content (AvgIpc) is 2.20. The summed E-state index contributed by atoms with van der Waals surface area (Å²) in [6.45, 7) is 6.68. The molecule has 2 rings (SSSR count). The molecule has 2 heterocycles. The molecule has 0 radical (unpaired) electrons. The SMILES string of the molecule is [C-]#[N+]c1ncc2ccc(Cl)nc2c1F. The van der Waals surface area contributed by atoms with Crippen molar-refractivity contribution in [3.05, 3.63) is 40.7 Å². The zero-order valence-corrected chi connectivity index (χ0v) is 7.59. The van der Waals surface area contributed by atoms with Crippen molar-refractivity contribution < 1.29 is 4.39 Å². The number of nitrogens with zero attached hydrogens (tertiary/aromatic N) is 3.